The smallest absolute Gasteiger partial charge is 0.341 e. The highest BCUT2D eigenvalue weighted by molar-refractivity contribution is 6.30. The van der Waals surface area contributed by atoms with Crippen molar-refractivity contribution in [2.45, 2.75) is 13.1 Å². The van der Waals surface area contributed by atoms with E-state index in [1.807, 2.05) is 12.1 Å². The van der Waals surface area contributed by atoms with Gasteiger partial charge in [-0.1, -0.05) is 11.6 Å². The first kappa shape index (κ1) is 14.4. The second-order valence-electron chi connectivity index (χ2n) is 4.12. The minimum absolute atomic E-state index is 0.382. The number of rotatable bonds is 7. The third-order valence-corrected chi connectivity index (χ3v) is 2.80. The second kappa shape index (κ2) is 6.98. The largest absolute Gasteiger partial charge is 0.482 e. The Kier molecular flexibility index (Phi) is 5.03. The maximum atomic E-state index is 10.5. The molecule has 0 radical (unpaired) electrons. The van der Waals surface area contributed by atoms with Gasteiger partial charge in [0.1, 0.15) is 11.5 Å². The second-order valence-corrected chi connectivity index (χ2v) is 4.55. The molecule has 1 aromatic carbocycles. The van der Waals surface area contributed by atoms with E-state index < -0.39 is 5.97 Å². The third kappa shape index (κ3) is 4.29. The molecule has 0 aliphatic carbocycles. The van der Waals surface area contributed by atoms with Crippen LogP contribution < -0.4 is 10.1 Å². The Morgan fingerprint density at radius 3 is 2.90 bits per heavy atom. The fourth-order valence-corrected chi connectivity index (χ4v) is 1.89. The molecule has 6 heteroatoms. The summed E-state index contributed by atoms with van der Waals surface area (Å²) >= 11 is 5.94. The minimum Gasteiger partial charge on any atom is -0.482 e. The summed E-state index contributed by atoms with van der Waals surface area (Å²) in [5.74, 6) is 0.304. The highest BCUT2D eigenvalue weighted by Gasteiger charge is 2.07. The molecule has 2 rings (SSSR count). The van der Waals surface area contributed by atoms with Gasteiger partial charge in [-0.25, -0.2) is 4.79 Å². The topological polar surface area (TPSA) is 71.7 Å². The van der Waals surface area contributed by atoms with Crippen LogP contribution in [0.1, 0.15) is 11.3 Å². The number of aliphatic carboxylic acids is 1. The summed E-state index contributed by atoms with van der Waals surface area (Å²) in [6.07, 6.45) is 1.61. The molecular formula is C14H14ClNO4. The number of carboxylic acids is 1. The van der Waals surface area contributed by atoms with Crippen molar-refractivity contribution in [1.29, 1.82) is 0 Å². The van der Waals surface area contributed by atoms with Crippen molar-refractivity contribution in [2.75, 3.05) is 6.61 Å². The Morgan fingerprint density at radius 2 is 2.20 bits per heavy atom. The molecule has 0 bridgehead atoms. The molecule has 5 nitrogen and oxygen atoms in total. The first-order chi connectivity index (χ1) is 9.65. The zero-order chi connectivity index (χ0) is 14.4. The SMILES string of the molecule is O=C(O)COc1ccc(Cl)cc1CNCc1ccco1. The van der Waals surface area contributed by atoms with E-state index in [1.54, 1.807) is 24.5 Å². The molecule has 0 amide bonds. The first-order valence-corrected chi connectivity index (χ1v) is 6.39. The fourth-order valence-electron chi connectivity index (χ4n) is 1.70. The molecule has 0 spiro atoms. The molecule has 1 heterocycles. The van der Waals surface area contributed by atoms with Crippen LogP contribution in [0.3, 0.4) is 0 Å². The standard InChI is InChI=1S/C14H14ClNO4/c15-11-3-4-13(20-9-14(17)18)10(6-11)7-16-8-12-2-1-5-19-12/h1-6,16H,7-9H2,(H,17,18). The molecular weight excluding hydrogens is 282 g/mol. The van der Waals surface area contributed by atoms with E-state index in [-0.39, 0.29) is 6.61 Å². The number of ether oxygens (including phenoxy) is 1. The Bertz CT molecular complexity index is 569. The summed E-state index contributed by atoms with van der Waals surface area (Å²) in [7, 11) is 0. The summed E-state index contributed by atoms with van der Waals surface area (Å²) in [6.45, 7) is 0.681. The number of furan rings is 1. The van der Waals surface area contributed by atoms with Crippen molar-refractivity contribution in [2.24, 2.45) is 0 Å². The lowest BCUT2D eigenvalue weighted by Gasteiger charge is -2.11. The Hall–Kier alpha value is -1.98. The number of halogens is 1. The average Bonchev–Trinajstić information content (AvgIpc) is 2.91. The normalized spacial score (nSPS) is 10.4. The number of hydrogen-bond acceptors (Lipinski definition) is 4. The van der Waals surface area contributed by atoms with Crippen molar-refractivity contribution >= 4 is 17.6 Å². The summed E-state index contributed by atoms with van der Waals surface area (Å²) in [5.41, 5.74) is 0.797. The molecule has 0 saturated heterocycles. The van der Waals surface area contributed by atoms with E-state index in [4.69, 9.17) is 25.9 Å². The fraction of sp³-hybridized carbons (Fsp3) is 0.214. The van der Waals surface area contributed by atoms with Gasteiger partial charge in [0.05, 0.1) is 12.8 Å². The van der Waals surface area contributed by atoms with Crippen LogP contribution in [-0.2, 0) is 17.9 Å². The van der Waals surface area contributed by atoms with Crippen molar-refractivity contribution < 1.29 is 19.1 Å². The Balaban J connectivity index is 1.97. The quantitative estimate of drug-likeness (QED) is 0.822. The summed E-state index contributed by atoms with van der Waals surface area (Å²) in [6, 6.07) is 8.75. The van der Waals surface area contributed by atoms with Gasteiger partial charge in [-0.2, -0.15) is 0 Å². The molecule has 2 aromatic rings. The van der Waals surface area contributed by atoms with Crippen molar-refractivity contribution in [3.05, 3.63) is 52.9 Å². The van der Waals surface area contributed by atoms with Crippen molar-refractivity contribution in [1.82, 2.24) is 5.32 Å². The maximum absolute atomic E-state index is 10.5. The predicted octanol–water partition coefficient (Wildman–Crippen LogP) is 2.69. The molecule has 20 heavy (non-hydrogen) atoms. The summed E-state index contributed by atoms with van der Waals surface area (Å²) in [4.78, 5) is 10.5. The van der Waals surface area contributed by atoms with E-state index in [0.717, 1.165) is 11.3 Å². The Morgan fingerprint density at radius 1 is 1.35 bits per heavy atom. The van der Waals surface area contributed by atoms with Gasteiger partial charge in [-0.05, 0) is 30.3 Å². The van der Waals surface area contributed by atoms with Gasteiger partial charge in [-0.15, -0.1) is 0 Å². The zero-order valence-electron chi connectivity index (χ0n) is 10.6. The van der Waals surface area contributed by atoms with Crippen LogP contribution in [0.2, 0.25) is 5.02 Å². The maximum Gasteiger partial charge on any atom is 0.341 e. The lowest BCUT2D eigenvalue weighted by molar-refractivity contribution is -0.139. The molecule has 0 saturated carbocycles. The highest BCUT2D eigenvalue weighted by Crippen LogP contribution is 2.23. The lowest BCUT2D eigenvalue weighted by atomic mass is 10.2. The van der Waals surface area contributed by atoms with Crippen LogP contribution in [0.5, 0.6) is 5.75 Å². The highest BCUT2D eigenvalue weighted by atomic mass is 35.5. The van der Waals surface area contributed by atoms with Crippen molar-refractivity contribution in [3.63, 3.8) is 0 Å². The van der Waals surface area contributed by atoms with Crippen LogP contribution in [0, 0.1) is 0 Å². The van der Waals surface area contributed by atoms with E-state index >= 15 is 0 Å². The van der Waals surface area contributed by atoms with Crippen LogP contribution in [-0.4, -0.2) is 17.7 Å². The first-order valence-electron chi connectivity index (χ1n) is 6.01. The lowest BCUT2D eigenvalue weighted by Crippen LogP contribution is -2.15. The number of carbonyl (C=O) groups is 1. The minimum atomic E-state index is -1.02. The molecule has 0 aliphatic heterocycles. The molecule has 2 N–H and O–H groups in total. The predicted molar refractivity (Wildman–Crippen MR) is 73.8 cm³/mol. The molecule has 0 unspecified atom stereocenters. The van der Waals surface area contributed by atoms with Crippen LogP contribution in [0.4, 0.5) is 0 Å². The molecule has 1 aromatic heterocycles. The number of benzene rings is 1. The van der Waals surface area contributed by atoms with Crippen molar-refractivity contribution in [3.8, 4) is 5.75 Å². The monoisotopic (exact) mass is 295 g/mol. The number of nitrogens with one attached hydrogen (secondary N) is 1. The van der Waals surface area contributed by atoms with E-state index in [0.29, 0.717) is 23.9 Å². The Labute approximate surface area is 121 Å². The van der Waals surface area contributed by atoms with Crippen LogP contribution >= 0.6 is 11.6 Å². The summed E-state index contributed by atoms with van der Waals surface area (Å²) in [5, 5.41) is 12.4. The van der Waals surface area contributed by atoms with Gasteiger partial charge in [0, 0.05) is 17.1 Å². The van der Waals surface area contributed by atoms with E-state index in [2.05, 4.69) is 5.32 Å². The van der Waals surface area contributed by atoms with E-state index in [9.17, 15) is 4.79 Å². The molecule has 0 aliphatic rings. The zero-order valence-corrected chi connectivity index (χ0v) is 11.4. The van der Waals surface area contributed by atoms with E-state index in [1.165, 1.54) is 0 Å². The van der Waals surface area contributed by atoms with Gasteiger partial charge in [-0.3, -0.25) is 0 Å². The molecule has 0 atom stereocenters. The van der Waals surface area contributed by atoms with Gasteiger partial charge in [0.2, 0.25) is 0 Å². The van der Waals surface area contributed by atoms with Gasteiger partial charge >= 0.3 is 5.97 Å². The number of carboxylic acid groups (broad SMARTS) is 1. The number of hydrogen-bond donors (Lipinski definition) is 2. The molecule has 0 fully saturated rings. The van der Waals surface area contributed by atoms with Gasteiger partial charge in [0.25, 0.3) is 0 Å². The van der Waals surface area contributed by atoms with Crippen LogP contribution in [0.25, 0.3) is 0 Å². The summed E-state index contributed by atoms with van der Waals surface area (Å²) < 4.78 is 10.4. The molecule has 106 valence electrons. The third-order valence-electron chi connectivity index (χ3n) is 2.57. The van der Waals surface area contributed by atoms with Crippen LogP contribution in [0.15, 0.2) is 41.0 Å². The van der Waals surface area contributed by atoms with Gasteiger partial charge < -0.3 is 19.6 Å². The van der Waals surface area contributed by atoms with Gasteiger partial charge in [0.15, 0.2) is 6.61 Å². The average molecular weight is 296 g/mol.